The van der Waals surface area contributed by atoms with Crippen LogP contribution in [0.15, 0.2) is 36.4 Å². The van der Waals surface area contributed by atoms with Crippen LogP contribution in [0.5, 0.6) is 0 Å². The Morgan fingerprint density at radius 2 is 1.80 bits per heavy atom. The van der Waals surface area contributed by atoms with Crippen LogP contribution in [0.4, 0.5) is 8.78 Å². The Hall–Kier alpha value is -1.78. The zero-order chi connectivity index (χ0) is 14.7. The summed E-state index contributed by atoms with van der Waals surface area (Å²) in [5.41, 5.74) is 5.24. The summed E-state index contributed by atoms with van der Waals surface area (Å²) in [4.78, 5) is 0. The molecule has 0 saturated carbocycles. The molecule has 2 aromatic carbocycles. The molecule has 0 aliphatic carbocycles. The highest BCUT2D eigenvalue weighted by Gasteiger charge is 2.19. The van der Waals surface area contributed by atoms with Gasteiger partial charge in [0.15, 0.2) is 0 Å². The van der Waals surface area contributed by atoms with Crippen molar-refractivity contribution in [3.8, 4) is 0 Å². The first kappa shape index (κ1) is 14.6. The second kappa shape index (κ2) is 6.11. The molecule has 20 heavy (non-hydrogen) atoms. The van der Waals surface area contributed by atoms with Crippen molar-refractivity contribution in [3.63, 3.8) is 0 Å². The first-order valence-corrected chi connectivity index (χ1v) is 6.49. The van der Waals surface area contributed by atoms with Crippen LogP contribution in [-0.2, 0) is 6.42 Å². The zero-order valence-corrected chi connectivity index (χ0v) is 11.6. The first-order chi connectivity index (χ1) is 9.52. The number of aryl methyl sites for hydroxylation is 2. The molecule has 0 saturated heterocycles. The van der Waals surface area contributed by atoms with Crippen molar-refractivity contribution < 1.29 is 8.78 Å². The van der Waals surface area contributed by atoms with Gasteiger partial charge in [0, 0.05) is 5.56 Å². The Labute approximate surface area is 117 Å². The number of hydrogen-bond acceptors (Lipinski definition) is 2. The monoisotopic (exact) mass is 276 g/mol. The predicted octanol–water partition coefficient (Wildman–Crippen LogP) is 3.33. The molecule has 0 radical (unpaired) electrons. The molecule has 0 fully saturated rings. The second-order valence-electron chi connectivity index (χ2n) is 4.99. The fraction of sp³-hybridized carbons (Fsp3) is 0.250. The molecule has 2 rings (SSSR count). The Bertz CT molecular complexity index is 588. The summed E-state index contributed by atoms with van der Waals surface area (Å²) in [7, 11) is 0. The molecule has 4 heteroatoms. The Morgan fingerprint density at radius 3 is 2.40 bits per heavy atom. The predicted molar refractivity (Wildman–Crippen MR) is 76.0 cm³/mol. The second-order valence-corrected chi connectivity index (χ2v) is 4.99. The third-order valence-corrected chi connectivity index (χ3v) is 3.41. The quantitative estimate of drug-likeness (QED) is 0.664. The lowest BCUT2D eigenvalue weighted by Crippen LogP contribution is -2.31. The highest BCUT2D eigenvalue weighted by atomic mass is 19.1. The standard InChI is InChI=1S/C16H18F2N2/c1-10-7-11(2)16(14(18)8-10)15(20-19)9-12-5-3-4-6-13(12)17/h3-8,15,20H,9,19H2,1-2H3. The molecule has 106 valence electrons. The summed E-state index contributed by atoms with van der Waals surface area (Å²) in [5, 5.41) is 0. The van der Waals surface area contributed by atoms with Gasteiger partial charge in [-0.2, -0.15) is 0 Å². The van der Waals surface area contributed by atoms with Crippen LogP contribution < -0.4 is 11.3 Å². The van der Waals surface area contributed by atoms with Gasteiger partial charge < -0.3 is 0 Å². The van der Waals surface area contributed by atoms with Crippen LogP contribution in [-0.4, -0.2) is 0 Å². The van der Waals surface area contributed by atoms with Gasteiger partial charge in [0.25, 0.3) is 0 Å². The largest absolute Gasteiger partial charge is 0.271 e. The topological polar surface area (TPSA) is 38.0 Å². The first-order valence-electron chi connectivity index (χ1n) is 6.49. The number of nitrogens with one attached hydrogen (secondary N) is 1. The van der Waals surface area contributed by atoms with Crippen LogP contribution in [0, 0.1) is 25.5 Å². The maximum Gasteiger partial charge on any atom is 0.128 e. The van der Waals surface area contributed by atoms with Crippen LogP contribution in [0.25, 0.3) is 0 Å². The number of hydrogen-bond donors (Lipinski definition) is 2. The van der Waals surface area contributed by atoms with E-state index in [-0.39, 0.29) is 11.6 Å². The molecule has 0 amide bonds. The molecule has 0 aliphatic rings. The van der Waals surface area contributed by atoms with Crippen LogP contribution in [0.1, 0.15) is 28.3 Å². The Balaban J connectivity index is 2.37. The molecule has 2 nitrogen and oxygen atoms in total. The zero-order valence-electron chi connectivity index (χ0n) is 11.6. The average molecular weight is 276 g/mol. The third kappa shape index (κ3) is 3.03. The van der Waals surface area contributed by atoms with Gasteiger partial charge in [0.1, 0.15) is 11.6 Å². The molecule has 0 spiro atoms. The maximum absolute atomic E-state index is 14.2. The molecular weight excluding hydrogens is 258 g/mol. The van der Waals surface area contributed by atoms with E-state index in [0.717, 1.165) is 11.1 Å². The van der Waals surface area contributed by atoms with Crippen molar-refractivity contribution >= 4 is 0 Å². The summed E-state index contributed by atoms with van der Waals surface area (Å²) in [5.74, 6) is 4.91. The van der Waals surface area contributed by atoms with E-state index in [1.807, 2.05) is 19.9 Å². The molecule has 3 N–H and O–H groups in total. The van der Waals surface area contributed by atoms with Gasteiger partial charge in [-0.05, 0) is 49.1 Å². The molecule has 2 aromatic rings. The van der Waals surface area contributed by atoms with Crippen molar-refractivity contribution in [2.45, 2.75) is 26.3 Å². The number of nitrogens with two attached hydrogens (primary N) is 1. The molecule has 0 aliphatic heterocycles. The van der Waals surface area contributed by atoms with Crippen molar-refractivity contribution in [3.05, 3.63) is 70.3 Å². The summed E-state index contributed by atoms with van der Waals surface area (Å²) >= 11 is 0. The van der Waals surface area contributed by atoms with E-state index in [4.69, 9.17) is 5.84 Å². The summed E-state index contributed by atoms with van der Waals surface area (Å²) in [6.45, 7) is 3.67. The molecule has 0 aromatic heterocycles. The number of rotatable bonds is 4. The van der Waals surface area contributed by atoms with E-state index in [1.165, 1.54) is 12.1 Å². The van der Waals surface area contributed by atoms with Crippen molar-refractivity contribution in [1.82, 2.24) is 5.43 Å². The van der Waals surface area contributed by atoms with Gasteiger partial charge in [-0.3, -0.25) is 11.3 Å². The lowest BCUT2D eigenvalue weighted by Gasteiger charge is -2.20. The summed E-state index contributed by atoms with van der Waals surface area (Å²) in [6, 6.07) is 9.35. The lowest BCUT2D eigenvalue weighted by molar-refractivity contribution is 0.496. The SMILES string of the molecule is Cc1cc(C)c(C(Cc2ccccc2F)NN)c(F)c1. The highest BCUT2D eigenvalue weighted by molar-refractivity contribution is 5.35. The van der Waals surface area contributed by atoms with Crippen LogP contribution >= 0.6 is 0 Å². The van der Waals surface area contributed by atoms with Crippen molar-refractivity contribution in [1.29, 1.82) is 0 Å². The van der Waals surface area contributed by atoms with E-state index in [1.54, 1.807) is 18.2 Å². The van der Waals surface area contributed by atoms with E-state index in [0.29, 0.717) is 17.5 Å². The van der Waals surface area contributed by atoms with Gasteiger partial charge in [-0.15, -0.1) is 0 Å². The minimum absolute atomic E-state index is 0.296. The van der Waals surface area contributed by atoms with E-state index < -0.39 is 6.04 Å². The lowest BCUT2D eigenvalue weighted by atomic mass is 9.94. The number of hydrazine groups is 1. The van der Waals surface area contributed by atoms with E-state index in [9.17, 15) is 8.78 Å². The number of benzene rings is 2. The molecule has 0 bridgehead atoms. The molecule has 1 unspecified atom stereocenters. The average Bonchev–Trinajstić information content (AvgIpc) is 2.38. The minimum Gasteiger partial charge on any atom is -0.271 e. The van der Waals surface area contributed by atoms with Gasteiger partial charge in [-0.25, -0.2) is 8.78 Å². The normalized spacial score (nSPS) is 12.4. The van der Waals surface area contributed by atoms with Crippen LogP contribution in [0.3, 0.4) is 0 Å². The molecule has 1 atom stereocenters. The number of halogens is 2. The molecule has 0 heterocycles. The summed E-state index contributed by atoms with van der Waals surface area (Å²) < 4.78 is 27.9. The van der Waals surface area contributed by atoms with Gasteiger partial charge in [-0.1, -0.05) is 24.3 Å². The highest BCUT2D eigenvalue weighted by Crippen LogP contribution is 2.26. The molecular formula is C16H18F2N2. The minimum atomic E-state index is -0.465. The van der Waals surface area contributed by atoms with Crippen molar-refractivity contribution in [2.24, 2.45) is 5.84 Å². The fourth-order valence-corrected chi connectivity index (χ4v) is 2.50. The summed E-state index contributed by atoms with van der Waals surface area (Å²) in [6.07, 6.45) is 0.296. The van der Waals surface area contributed by atoms with Gasteiger partial charge >= 0.3 is 0 Å². The Morgan fingerprint density at radius 1 is 1.10 bits per heavy atom. The third-order valence-electron chi connectivity index (χ3n) is 3.41. The van der Waals surface area contributed by atoms with Gasteiger partial charge in [0.2, 0.25) is 0 Å². The fourth-order valence-electron chi connectivity index (χ4n) is 2.50. The van der Waals surface area contributed by atoms with E-state index in [2.05, 4.69) is 5.43 Å². The van der Waals surface area contributed by atoms with Crippen LogP contribution in [0.2, 0.25) is 0 Å². The Kier molecular flexibility index (Phi) is 4.47. The van der Waals surface area contributed by atoms with Crippen molar-refractivity contribution in [2.75, 3.05) is 0 Å². The smallest absolute Gasteiger partial charge is 0.128 e. The van der Waals surface area contributed by atoms with E-state index >= 15 is 0 Å². The maximum atomic E-state index is 14.2. The van der Waals surface area contributed by atoms with Gasteiger partial charge in [0.05, 0.1) is 6.04 Å².